The molecular formula is C17H17FIN5. The molecule has 0 saturated heterocycles. The summed E-state index contributed by atoms with van der Waals surface area (Å²) in [6, 6.07) is 4.73. The molecule has 2 heterocycles. The summed E-state index contributed by atoms with van der Waals surface area (Å²) in [4.78, 5) is 4.53. The zero-order valence-electron chi connectivity index (χ0n) is 13.3. The van der Waals surface area contributed by atoms with E-state index in [1.807, 2.05) is 22.5 Å². The highest BCUT2D eigenvalue weighted by Gasteiger charge is 2.22. The molecule has 24 heavy (non-hydrogen) atoms. The van der Waals surface area contributed by atoms with E-state index in [2.05, 4.69) is 44.0 Å². The molecule has 3 aromatic rings. The third-order valence-corrected chi connectivity index (χ3v) is 5.00. The van der Waals surface area contributed by atoms with Gasteiger partial charge in [-0.1, -0.05) is 0 Å². The number of aromatic nitrogens is 5. The monoisotopic (exact) mass is 437 g/mol. The van der Waals surface area contributed by atoms with Crippen molar-refractivity contribution >= 4 is 22.6 Å². The zero-order chi connectivity index (χ0) is 16.7. The third kappa shape index (κ3) is 3.35. The Bertz CT molecular complexity index is 881. The Labute approximate surface area is 153 Å². The minimum atomic E-state index is -0.243. The Kier molecular flexibility index (Phi) is 4.11. The van der Waals surface area contributed by atoms with Crippen LogP contribution in [0.3, 0.4) is 0 Å². The number of aryl methyl sites for hydroxylation is 1. The molecule has 0 amide bonds. The number of nitrogens with zero attached hydrogens (tertiary/aromatic N) is 5. The summed E-state index contributed by atoms with van der Waals surface area (Å²) in [5, 5.41) is 8.93. The fourth-order valence-electron chi connectivity index (χ4n) is 2.76. The number of rotatable bonds is 5. The highest BCUT2D eigenvalue weighted by Crippen LogP contribution is 2.30. The van der Waals surface area contributed by atoms with Crippen LogP contribution in [0.25, 0.3) is 11.4 Å². The van der Waals surface area contributed by atoms with E-state index in [0.717, 1.165) is 33.0 Å². The molecule has 5 nitrogen and oxygen atoms in total. The van der Waals surface area contributed by atoms with Crippen LogP contribution in [0.5, 0.6) is 0 Å². The second-order valence-corrected chi connectivity index (χ2v) is 7.44. The minimum absolute atomic E-state index is 0.243. The Hall–Kier alpha value is -1.77. The smallest absolute Gasteiger partial charge is 0.159 e. The van der Waals surface area contributed by atoms with E-state index in [4.69, 9.17) is 0 Å². The predicted molar refractivity (Wildman–Crippen MR) is 96.9 cm³/mol. The maximum atomic E-state index is 13.4. The molecule has 1 aromatic carbocycles. The van der Waals surface area contributed by atoms with Crippen molar-refractivity contribution in [1.82, 2.24) is 24.5 Å². The first kappa shape index (κ1) is 15.7. The van der Waals surface area contributed by atoms with Crippen LogP contribution in [0, 0.1) is 22.2 Å². The largest absolute Gasteiger partial charge is 0.272 e. The lowest BCUT2D eigenvalue weighted by Gasteiger charge is -2.06. The summed E-state index contributed by atoms with van der Waals surface area (Å²) < 4.78 is 18.1. The first-order chi connectivity index (χ1) is 11.6. The van der Waals surface area contributed by atoms with Gasteiger partial charge in [-0.05, 0) is 66.5 Å². The van der Waals surface area contributed by atoms with Crippen LogP contribution in [0.1, 0.15) is 24.2 Å². The van der Waals surface area contributed by atoms with E-state index in [9.17, 15) is 4.39 Å². The molecule has 1 aliphatic carbocycles. The van der Waals surface area contributed by atoms with E-state index in [1.165, 1.54) is 25.0 Å². The Morgan fingerprint density at radius 2 is 2.17 bits per heavy atom. The molecule has 1 saturated carbocycles. The van der Waals surface area contributed by atoms with Gasteiger partial charge < -0.3 is 0 Å². The average Bonchev–Trinajstić information content (AvgIpc) is 3.11. The topological polar surface area (TPSA) is 48.5 Å². The van der Waals surface area contributed by atoms with Gasteiger partial charge in [-0.15, -0.1) is 0 Å². The maximum absolute atomic E-state index is 13.4. The maximum Gasteiger partial charge on any atom is 0.159 e. The molecular weight excluding hydrogens is 420 g/mol. The van der Waals surface area contributed by atoms with Crippen molar-refractivity contribution in [2.45, 2.75) is 32.9 Å². The van der Waals surface area contributed by atoms with Gasteiger partial charge in [-0.2, -0.15) is 10.2 Å². The van der Waals surface area contributed by atoms with Gasteiger partial charge in [0.15, 0.2) is 5.82 Å². The number of halogens is 2. The van der Waals surface area contributed by atoms with Crippen molar-refractivity contribution in [1.29, 1.82) is 0 Å². The van der Waals surface area contributed by atoms with Crippen molar-refractivity contribution in [2.24, 2.45) is 5.92 Å². The molecule has 0 atom stereocenters. The lowest BCUT2D eigenvalue weighted by Crippen LogP contribution is -2.05. The van der Waals surface area contributed by atoms with Crippen molar-refractivity contribution in [3.8, 4) is 11.4 Å². The fraction of sp³-hybridized carbons (Fsp3) is 0.353. The lowest BCUT2D eigenvalue weighted by atomic mass is 10.2. The molecule has 0 N–H and O–H groups in total. The van der Waals surface area contributed by atoms with Gasteiger partial charge in [0, 0.05) is 27.4 Å². The second kappa shape index (κ2) is 6.27. The van der Waals surface area contributed by atoms with Gasteiger partial charge in [-0.3, -0.25) is 4.68 Å². The number of hydrogen-bond acceptors (Lipinski definition) is 3. The van der Waals surface area contributed by atoms with Crippen LogP contribution < -0.4 is 0 Å². The Morgan fingerprint density at radius 3 is 2.92 bits per heavy atom. The SMILES string of the molecule is Cc1nc(-c2ccc(F)cc2I)n(Cc2cnn(CC3CC3)c2)n1. The molecule has 7 heteroatoms. The minimum Gasteiger partial charge on any atom is -0.272 e. The normalized spacial score (nSPS) is 14.3. The highest BCUT2D eigenvalue weighted by atomic mass is 127. The van der Waals surface area contributed by atoms with E-state index < -0.39 is 0 Å². The Morgan fingerprint density at radius 1 is 1.33 bits per heavy atom. The van der Waals surface area contributed by atoms with Gasteiger partial charge in [-0.25, -0.2) is 14.1 Å². The van der Waals surface area contributed by atoms with Gasteiger partial charge in [0.2, 0.25) is 0 Å². The first-order valence-electron chi connectivity index (χ1n) is 7.96. The van der Waals surface area contributed by atoms with Crippen molar-refractivity contribution in [3.63, 3.8) is 0 Å². The number of hydrogen-bond donors (Lipinski definition) is 0. The molecule has 124 valence electrons. The van der Waals surface area contributed by atoms with Gasteiger partial charge in [0.05, 0.1) is 12.7 Å². The summed E-state index contributed by atoms with van der Waals surface area (Å²) in [6.07, 6.45) is 6.59. The predicted octanol–water partition coefficient (Wildman–Crippen LogP) is 3.65. The molecule has 2 aromatic heterocycles. The summed E-state index contributed by atoms with van der Waals surface area (Å²) in [5.41, 5.74) is 1.99. The molecule has 0 unspecified atom stereocenters. The van der Waals surface area contributed by atoms with Crippen LogP contribution in [0.15, 0.2) is 30.6 Å². The third-order valence-electron chi connectivity index (χ3n) is 4.11. The van der Waals surface area contributed by atoms with E-state index >= 15 is 0 Å². The molecule has 4 rings (SSSR count). The van der Waals surface area contributed by atoms with E-state index in [1.54, 1.807) is 6.07 Å². The molecule has 0 radical (unpaired) electrons. The van der Waals surface area contributed by atoms with Crippen LogP contribution in [0.2, 0.25) is 0 Å². The zero-order valence-corrected chi connectivity index (χ0v) is 15.4. The van der Waals surface area contributed by atoms with Crippen LogP contribution >= 0.6 is 22.6 Å². The first-order valence-corrected chi connectivity index (χ1v) is 9.04. The van der Waals surface area contributed by atoms with E-state index in [-0.39, 0.29) is 5.82 Å². The lowest BCUT2D eigenvalue weighted by molar-refractivity contribution is 0.562. The van der Waals surface area contributed by atoms with Gasteiger partial charge >= 0.3 is 0 Å². The van der Waals surface area contributed by atoms with Crippen LogP contribution in [0.4, 0.5) is 4.39 Å². The van der Waals surface area contributed by atoms with Crippen molar-refractivity contribution < 1.29 is 4.39 Å². The number of benzene rings is 1. The molecule has 0 bridgehead atoms. The van der Waals surface area contributed by atoms with Crippen LogP contribution in [-0.2, 0) is 13.1 Å². The van der Waals surface area contributed by atoms with Crippen molar-refractivity contribution in [3.05, 3.63) is 51.4 Å². The van der Waals surface area contributed by atoms with Gasteiger partial charge in [0.25, 0.3) is 0 Å². The molecule has 0 spiro atoms. The molecule has 1 aliphatic rings. The summed E-state index contributed by atoms with van der Waals surface area (Å²) in [5.74, 6) is 2.01. The van der Waals surface area contributed by atoms with Gasteiger partial charge in [0.1, 0.15) is 11.6 Å². The quantitative estimate of drug-likeness (QED) is 0.573. The highest BCUT2D eigenvalue weighted by molar-refractivity contribution is 14.1. The molecule has 1 fully saturated rings. The molecule has 0 aliphatic heterocycles. The summed E-state index contributed by atoms with van der Waals surface area (Å²) in [7, 11) is 0. The van der Waals surface area contributed by atoms with Crippen LogP contribution in [-0.4, -0.2) is 24.5 Å². The van der Waals surface area contributed by atoms with Crippen molar-refractivity contribution in [2.75, 3.05) is 0 Å². The summed E-state index contributed by atoms with van der Waals surface area (Å²) >= 11 is 2.13. The van der Waals surface area contributed by atoms with E-state index in [0.29, 0.717) is 12.4 Å². The average molecular weight is 437 g/mol. The fourth-order valence-corrected chi connectivity index (χ4v) is 3.48. The standard InChI is InChI=1S/C17H17FIN5/c1-11-21-17(15-5-4-14(18)6-16(15)19)24(22-11)10-13-7-20-23(9-13)8-12-2-3-12/h4-7,9,12H,2-3,8,10H2,1H3. The Balaban J connectivity index is 1.62. The second-order valence-electron chi connectivity index (χ2n) is 6.28. The summed E-state index contributed by atoms with van der Waals surface area (Å²) in [6.45, 7) is 3.47.